The fourth-order valence-electron chi connectivity index (χ4n) is 5.80. The minimum absolute atomic E-state index is 0.212. The number of halogens is 1. The molecule has 3 aromatic carbocycles. The largest absolute Gasteiger partial charge is 0.481 e. The van der Waals surface area contributed by atoms with Crippen LogP contribution in [0.15, 0.2) is 59.1 Å². The van der Waals surface area contributed by atoms with E-state index in [0.717, 1.165) is 40.7 Å². The number of fused-ring (bicyclic) bond motifs is 1. The standard InChI is InChI=1S/C30H28FN3O3/c1-16-11-20(12-17(2)27(16)24-5-3-4-6-25(24)31)29-33-28(34-37-29)19-7-9-23-18(13-19)8-10-26(23)32-22-14-21(15-22)30(35)36/h3-7,9,11-13,21-22,26,32H,8,10,14-15H2,1-2H3,(H,35,36). The van der Waals surface area contributed by atoms with Crippen molar-refractivity contribution in [2.24, 2.45) is 5.92 Å². The molecule has 1 atom stereocenters. The second-order valence-electron chi connectivity index (χ2n) is 10.3. The van der Waals surface area contributed by atoms with Crippen molar-refractivity contribution in [3.63, 3.8) is 0 Å². The van der Waals surface area contributed by atoms with E-state index in [1.54, 1.807) is 12.1 Å². The van der Waals surface area contributed by atoms with Crippen molar-refractivity contribution in [2.45, 2.75) is 51.6 Å². The van der Waals surface area contributed by atoms with Crippen LogP contribution in [0.5, 0.6) is 0 Å². The Morgan fingerprint density at radius 3 is 2.54 bits per heavy atom. The summed E-state index contributed by atoms with van der Waals surface area (Å²) in [5.74, 6) is -0.185. The van der Waals surface area contributed by atoms with Gasteiger partial charge in [0.25, 0.3) is 5.89 Å². The second-order valence-corrected chi connectivity index (χ2v) is 10.3. The van der Waals surface area contributed by atoms with Crippen LogP contribution in [0.25, 0.3) is 34.0 Å². The summed E-state index contributed by atoms with van der Waals surface area (Å²) in [4.78, 5) is 15.8. The predicted molar refractivity (Wildman–Crippen MR) is 138 cm³/mol. The van der Waals surface area contributed by atoms with E-state index in [1.807, 2.05) is 38.1 Å². The number of carboxylic acids is 1. The maximum absolute atomic E-state index is 14.4. The third-order valence-corrected chi connectivity index (χ3v) is 7.75. The highest BCUT2D eigenvalue weighted by Crippen LogP contribution is 2.38. The molecule has 2 N–H and O–H groups in total. The quantitative estimate of drug-likeness (QED) is 0.327. The Morgan fingerprint density at radius 1 is 1.05 bits per heavy atom. The number of hydrogen-bond acceptors (Lipinski definition) is 5. The highest BCUT2D eigenvalue weighted by Gasteiger charge is 2.36. The lowest BCUT2D eigenvalue weighted by Gasteiger charge is -2.35. The van der Waals surface area contributed by atoms with E-state index in [2.05, 4.69) is 27.6 Å². The Kier molecular flexibility index (Phi) is 5.88. The van der Waals surface area contributed by atoms with Crippen molar-refractivity contribution >= 4 is 5.97 Å². The van der Waals surface area contributed by atoms with Gasteiger partial charge in [-0.2, -0.15) is 4.98 Å². The maximum atomic E-state index is 14.4. The molecular formula is C30H28FN3O3. The number of aryl methyl sites for hydroxylation is 3. The number of aliphatic carboxylic acids is 1. The number of benzene rings is 3. The third-order valence-electron chi connectivity index (χ3n) is 7.75. The lowest BCUT2D eigenvalue weighted by atomic mass is 9.80. The van der Waals surface area contributed by atoms with Crippen LogP contribution in [0, 0.1) is 25.6 Å². The smallest absolute Gasteiger partial charge is 0.306 e. The van der Waals surface area contributed by atoms with E-state index >= 15 is 0 Å². The van der Waals surface area contributed by atoms with Gasteiger partial charge in [-0.3, -0.25) is 4.79 Å². The van der Waals surface area contributed by atoms with Gasteiger partial charge in [-0.05, 0) is 91.6 Å². The Hall–Kier alpha value is -3.84. The number of aromatic nitrogens is 2. The van der Waals surface area contributed by atoms with Crippen molar-refractivity contribution < 1.29 is 18.8 Å². The van der Waals surface area contributed by atoms with E-state index in [1.165, 1.54) is 17.2 Å². The van der Waals surface area contributed by atoms with Gasteiger partial charge in [0.1, 0.15) is 5.82 Å². The number of rotatable bonds is 6. The monoisotopic (exact) mass is 497 g/mol. The minimum Gasteiger partial charge on any atom is -0.481 e. The first kappa shape index (κ1) is 23.6. The molecule has 7 heteroatoms. The lowest BCUT2D eigenvalue weighted by Crippen LogP contribution is -2.45. The number of carbonyl (C=O) groups is 1. The van der Waals surface area contributed by atoms with Crippen LogP contribution in [0.2, 0.25) is 0 Å². The van der Waals surface area contributed by atoms with E-state index in [9.17, 15) is 9.18 Å². The molecule has 0 radical (unpaired) electrons. The van der Waals surface area contributed by atoms with Gasteiger partial charge in [-0.15, -0.1) is 0 Å². The fraction of sp³-hybridized carbons (Fsp3) is 0.300. The molecule has 1 unspecified atom stereocenters. The van der Waals surface area contributed by atoms with Crippen molar-refractivity contribution in [2.75, 3.05) is 0 Å². The summed E-state index contributed by atoms with van der Waals surface area (Å²) in [6, 6.07) is 17.5. The van der Waals surface area contributed by atoms with Gasteiger partial charge >= 0.3 is 5.97 Å². The van der Waals surface area contributed by atoms with Gasteiger partial charge in [0.05, 0.1) is 5.92 Å². The van der Waals surface area contributed by atoms with E-state index < -0.39 is 5.97 Å². The summed E-state index contributed by atoms with van der Waals surface area (Å²) in [5.41, 5.74) is 7.58. The van der Waals surface area contributed by atoms with Crippen molar-refractivity contribution in [1.29, 1.82) is 0 Å². The Balaban J connectivity index is 1.21. The van der Waals surface area contributed by atoms with Gasteiger partial charge in [0, 0.05) is 28.8 Å². The molecule has 0 saturated heterocycles. The molecule has 6 nitrogen and oxygen atoms in total. The van der Waals surface area contributed by atoms with Crippen LogP contribution < -0.4 is 5.32 Å². The Bertz CT molecular complexity index is 1480. The average molecular weight is 498 g/mol. The zero-order valence-electron chi connectivity index (χ0n) is 20.8. The zero-order chi connectivity index (χ0) is 25.7. The number of nitrogens with zero attached hydrogens (tertiary/aromatic N) is 2. The first-order valence-corrected chi connectivity index (χ1v) is 12.7. The molecule has 0 spiro atoms. The molecule has 37 heavy (non-hydrogen) atoms. The Morgan fingerprint density at radius 2 is 1.81 bits per heavy atom. The first-order valence-electron chi connectivity index (χ1n) is 12.7. The van der Waals surface area contributed by atoms with E-state index in [-0.39, 0.29) is 23.8 Å². The fourth-order valence-corrected chi connectivity index (χ4v) is 5.80. The molecule has 1 saturated carbocycles. The summed E-state index contributed by atoms with van der Waals surface area (Å²) in [6.07, 6.45) is 3.35. The van der Waals surface area contributed by atoms with Crippen LogP contribution in [0.4, 0.5) is 4.39 Å². The molecule has 0 amide bonds. The van der Waals surface area contributed by atoms with Crippen LogP contribution in [0.3, 0.4) is 0 Å². The molecule has 4 aromatic rings. The van der Waals surface area contributed by atoms with Crippen LogP contribution in [-0.4, -0.2) is 27.3 Å². The molecule has 6 rings (SSSR count). The normalized spacial score (nSPS) is 20.5. The average Bonchev–Trinajstić information content (AvgIpc) is 3.49. The van der Waals surface area contributed by atoms with Crippen LogP contribution >= 0.6 is 0 Å². The SMILES string of the molecule is Cc1cc(-c2nc(-c3ccc4c(c3)CCC4NC3CC(C(=O)O)C3)no2)cc(C)c1-c1ccccc1F. The number of hydrogen-bond donors (Lipinski definition) is 2. The minimum atomic E-state index is -0.694. The topological polar surface area (TPSA) is 88.2 Å². The first-order chi connectivity index (χ1) is 17.9. The second kappa shape index (κ2) is 9.23. The molecule has 1 aromatic heterocycles. The molecular weight excluding hydrogens is 469 g/mol. The molecule has 188 valence electrons. The van der Waals surface area contributed by atoms with Gasteiger partial charge in [-0.25, -0.2) is 4.39 Å². The summed E-state index contributed by atoms with van der Waals surface area (Å²) in [7, 11) is 0. The van der Waals surface area contributed by atoms with Crippen molar-refractivity contribution in [3.8, 4) is 34.0 Å². The molecule has 0 aliphatic heterocycles. The number of carboxylic acid groups (broad SMARTS) is 1. The summed E-state index contributed by atoms with van der Waals surface area (Å²) in [5, 5.41) is 17.0. The lowest BCUT2D eigenvalue weighted by molar-refractivity contribution is -0.145. The van der Waals surface area contributed by atoms with E-state index in [4.69, 9.17) is 9.63 Å². The van der Waals surface area contributed by atoms with Crippen LogP contribution in [0.1, 0.15) is 47.6 Å². The van der Waals surface area contributed by atoms with E-state index in [0.29, 0.717) is 30.1 Å². The molecule has 2 aliphatic carbocycles. The number of nitrogens with one attached hydrogen (secondary N) is 1. The molecule has 2 aliphatic rings. The Labute approximate surface area is 214 Å². The molecule has 0 bridgehead atoms. The highest BCUT2D eigenvalue weighted by atomic mass is 19.1. The van der Waals surface area contributed by atoms with Gasteiger partial charge in [0.15, 0.2) is 0 Å². The summed E-state index contributed by atoms with van der Waals surface area (Å²) in [6.45, 7) is 3.93. The van der Waals surface area contributed by atoms with Crippen molar-refractivity contribution in [3.05, 3.63) is 82.7 Å². The van der Waals surface area contributed by atoms with Gasteiger partial charge in [0.2, 0.25) is 5.82 Å². The highest BCUT2D eigenvalue weighted by molar-refractivity contribution is 5.75. The third kappa shape index (κ3) is 4.33. The van der Waals surface area contributed by atoms with Crippen molar-refractivity contribution in [1.82, 2.24) is 15.5 Å². The van der Waals surface area contributed by atoms with Gasteiger partial charge < -0.3 is 14.9 Å². The van der Waals surface area contributed by atoms with Crippen LogP contribution in [-0.2, 0) is 11.2 Å². The molecule has 1 heterocycles. The summed E-state index contributed by atoms with van der Waals surface area (Å²) < 4.78 is 20.1. The zero-order valence-corrected chi connectivity index (χ0v) is 20.8. The van der Waals surface area contributed by atoms with Gasteiger partial charge in [-0.1, -0.05) is 35.5 Å². The molecule has 1 fully saturated rings. The summed E-state index contributed by atoms with van der Waals surface area (Å²) >= 11 is 0. The maximum Gasteiger partial charge on any atom is 0.306 e. The predicted octanol–water partition coefficient (Wildman–Crippen LogP) is 6.27.